The van der Waals surface area contributed by atoms with Crippen molar-refractivity contribution in [1.82, 2.24) is 0 Å². The first-order valence-electron chi connectivity index (χ1n) is 8.46. The number of carbonyl (C=O) groups excluding carboxylic acids is 2. The Morgan fingerprint density at radius 2 is 1.93 bits per heavy atom. The molecule has 6 nitrogen and oxygen atoms in total. The quantitative estimate of drug-likeness (QED) is 0.717. The first-order valence-corrected chi connectivity index (χ1v) is 8.46. The number of methoxy groups -OCH3 is 1. The summed E-state index contributed by atoms with van der Waals surface area (Å²) in [5, 5.41) is 2.51. The van der Waals surface area contributed by atoms with Crippen LogP contribution >= 0.6 is 12.4 Å². The second-order valence-electron chi connectivity index (χ2n) is 6.33. The van der Waals surface area contributed by atoms with Crippen LogP contribution in [0.4, 0.5) is 30.2 Å². The smallest absolute Gasteiger partial charge is 0.416 e. The van der Waals surface area contributed by atoms with Crippen LogP contribution in [0, 0.1) is 0 Å². The van der Waals surface area contributed by atoms with E-state index in [1.807, 2.05) is 0 Å². The molecule has 0 aromatic heterocycles. The number of benzene rings is 2. The molecular weight excluding hydrogens is 411 g/mol. The van der Waals surface area contributed by atoms with Gasteiger partial charge in [-0.2, -0.15) is 13.2 Å². The fourth-order valence-corrected chi connectivity index (χ4v) is 3.00. The summed E-state index contributed by atoms with van der Waals surface area (Å²) in [6, 6.07) is 7.41. The van der Waals surface area contributed by atoms with Gasteiger partial charge in [0.1, 0.15) is 5.75 Å². The van der Waals surface area contributed by atoms with Gasteiger partial charge in [-0.3, -0.25) is 9.59 Å². The highest BCUT2D eigenvalue weighted by molar-refractivity contribution is 6.06. The molecule has 0 bridgehead atoms. The van der Waals surface area contributed by atoms with Gasteiger partial charge < -0.3 is 20.7 Å². The van der Waals surface area contributed by atoms with E-state index in [1.54, 1.807) is 0 Å². The van der Waals surface area contributed by atoms with Crippen LogP contribution in [-0.4, -0.2) is 25.5 Å². The Morgan fingerprint density at radius 1 is 1.21 bits per heavy atom. The van der Waals surface area contributed by atoms with Crippen LogP contribution in [0.2, 0.25) is 0 Å². The number of hydrogen-bond donors (Lipinski definition) is 2. The van der Waals surface area contributed by atoms with E-state index < -0.39 is 17.6 Å². The first kappa shape index (κ1) is 22.4. The van der Waals surface area contributed by atoms with Crippen molar-refractivity contribution in [3.63, 3.8) is 0 Å². The van der Waals surface area contributed by atoms with Gasteiger partial charge in [-0.15, -0.1) is 12.4 Å². The molecule has 1 aliphatic rings. The molecule has 1 aliphatic heterocycles. The minimum absolute atomic E-state index is 0. The maximum absolute atomic E-state index is 13.3. The lowest BCUT2D eigenvalue weighted by Crippen LogP contribution is -2.25. The van der Waals surface area contributed by atoms with Crippen LogP contribution in [0.1, 0.15) is 28.8 Å². The molecule has 2 aromatic carbocycles. The number of ether oxygens (including phenoxy) is 1. The van der Waals surface area contributed by atoms with Gasteiger partial charge in [-0.1, -0.05) is 0 Å². The summed E-state index contributed by atoms with van der Waals surface area (Å²) in [7, 11) is 1.44. The van der Waals surface area contributed by atoms with Crippen molar-refractivity contribution >= 4 is 41.3 Å². The zero-order valence-corrected chi connectivity index (χ0v) is 16.2. The van der Waals surface area contributed by atoms with Gasteiger partial charge >= 0.3 is 6.18 Å². The van der Waals surface area contributed by atoms with Crippen molar-refractivity contribution in [3.8, 4) is 5.75 Å². The fourth-order valence-electron chi connectivity index (χ4n) is 3.00. The van der Waals surface area contributed by atoms with Crippen molar-refractivity contribution in [3.05, 3.63) is 47.5 Å². The second-order valence-corrected chi connectivity index (χ2v) is 6.33. The molecule has 0 atom stereocenters. The summed E-state index contributed by atoms with van der Waals surface area (Å²) >= 11 is 0. The van der Waals surface area contributed by atoms with Crippen molar-refractivity contribution in [1.29, 1.82) is 0 Å². The standard InChI is InChI=1S/C19H18F3N3O3.ClH/c1-28-16-5-4-13(10-15(16)23)24-18(27)11-7-12(19(20,21)22)9-14(8-11)25-6-2-3-17(25)26;/h4-5,7-10H,2-3,6,23H2,1H3,(H,24,27);1H. The normalized spacial score (nSPS) is 13.8. The Labute approximate surface area is 171 Å². The van der Waals surface area contributed by atoms with E-state index in [0.717, 1.165) is 12.1 Å². The fraction of sp³-hybridized carbons (Fsp3) is 0.263. The highest BCUT2D eigenvalue weighted by Crippen LogP contribution is 2.34. The lowest BCUT2D eigenvalue weighted by molar-refractivity contribution is -0.137. The topological polar surface area (TPSA) is 84.7 Å². The molecule has 1 saturated heterocycles. The van der Waals surface area contributed by atoms with Gasteiger partial charge in [0.15, 0.2) is 0 Å². The minimum atomic E-state index is -4.65. The van der Waals surface area contributed by atoms with Crippen LogP contribution in [-0.2, 0) is 11.0 Å². The maximum Gasteiger partial charge on any atom is 0.416 e. The van der Waals surface area contributed by atoms with E-state index in [0.29, 0.717) is 24.4 Å². The molecule has 29 heavy (non-hydrogen) atoms. The lowest BCUT2D eigenvalue weighted by Gasteiger charge is -2.19. The summed E-state index contributed by atoms with van der Waals surface area (Å²) < 4.78 is 44.9. The Bertz CT molecular complexity index is 935. The summed E-state index contributed by atoms with van der Waals surface area (Å²) in [4.78, 5) is 25.7. The molecule has 1 heterocycles. The highest BCUT2D eigenvalue weighted by Gasteiger charge is 2.33. The lowest BCUT2D eigenvalue weighted by atomic mass is 10.1. The summed E-state index contributed by atoms with van der Waals surface area (Å²) in [5.74, 6) is -0.607. The van der Waals surface area contributed by atoms with E-state index in [4.69, 9.17) is 10.5 Å². The Balaban J connectivity index is 0.00000300. The number of alkyl halides is 3. The predicted molar refractivity (Wildman–Crippen MR) is 106 cm³/mol. The zero-order valence-electron chi connectivity index (χ0n) is 15.4. The Hall–Kier alpha value is -2.94. The molecule has 3 N–H and O–H groups in total. The highest BCUT2D eigenvalue weighted by atomic mass is 35.5. The van der Waals surface area contributed by atoms with Crippen molar-refractivity contribution in [2.75, 3.05) is 29.6 Å². The van der Waals surface area contributed by atoms with Gasteiger partial charge in [-0.05, 0) is 42.8 Å². The Kier molecular flexibility index (Phi) is 6.63. The molecule has 156 valence electrons. The van der Waals surface area contributed by atoms with Crippen LogP contribution in [0.5, 0.6) is 5.75 Å². The monoisotopic (exact) mass is 429 g/mol. The number of nitrogen functional groups attached to an aromatic ring is 1. The molecule has 0 radical (unpaired) electrons. The third-order valence-electron chi connectivity index (χ3n) is 4.38. The summed E-state index contributed by atoms with van der Waals surface area (Å²) in [5.41, 5.74) is 5.20. The van der Waals surface area contributed by atoms with Crippen LogP contribution < -0.4 is 20.7 Å². The molecule has 0 aliphatic carbocycles. The van der Waals surface area contributed by atoms with Crippen LogP contribution in [0.15, 0.2) is 36.4 Å². The van der Waals surface area contributed by atoms with E-state index in [1.165, 1.54) is 36.3 Å². The van der Waals surface area contributed by atoms with E-state index >= 15 is 0 Å². The molecule has 10 heteroatoms. The molecule has 0 spiro atoms. The van der Waals surface area contributed by atoms with Crippen molar-refractivity contribution in [2.24, 2.45) is 0 Å². The number of rotatable bonds is 4. The summed E-state index contributed by atoms with van der Waals surface area (Å²) in [6.07, 6.45) is -3.83. The molecular formula is C19H19ClF3N3O3. The van der Waals surface area contributed by atoms with Crippen LogP contribution in [0.25, 0.3) is 0 Å². The molecule has 2 amide bonds. The minimum Gasteiger partial charge on any atom is -0.495 e. The SMILES string of the molecule is COc1ccc(NC(=O)c2cc(N3CCCC3=O)cc(C(F)(F)F)c2)cc1N.Cl. The number of nitrogens with two attached hydrogens (primary N) is 1. The number of anilines is 3. The largest absolute Gasteiger partial charge is 0.495 e. The predicted octanol–water partition coefficient (Wildman–Crippen LogP) is 4.10. The van der Waals surface area contributed by atoms with Crippen molar-refractivity contribution in [2.45, 2.75) is 19.0 Å². The van der Waals surface area contributed by atoms with Crippen LogP contribution in [0.3, 0.4) is 0 Å². The average Bonchev–Trinajstić information content (AvgIpc) is 3.07. The molecule has 1 fully saturated rings. The molecule has 0 unspecified atom stereocenters. The van der Waals surface area contributed by atoms with Gasteiger partial charge in [0, 0.05) is 29.9 Å². The molecule has 3 rings (SSSR count). The van der Waals surface area contributed by atoms with E-state index in [2.05, 4.69) is 5.32 Å². The number of nitrogens with zero attached hydrogens (tertiary/aromatic N) is 1. The van der Waals surface area contributed by atoms with E-state index in [9.17, 15) is 22.8 Å². The summed E-state index contributed by atoms with van der Waals surface area (Å²) in [6.45, 7) is 0.316. The molecule has 2 aromatic rings. The Morgan fingerprint density at radius 3 is 2.48 bits per heavy atom. The van der Waals surface area contributed by atoms with Gasteiger partial charge in [0.2, 0.25) is 5.91 Å². The van der Waals surface area contributed by atoms with Crippen molar-refractivity contribution < 1.29 is 27.5 Å². The average molecular weight is 430 g/mol. The van der Waals surface area contributed by atoms with Gasteiger partial charge in [-0.25, -0.2) is 0 Å². The number of carbonyl (C=O) groups is 2. The third kappa shape index (κ3) is 4.92. The van der Waals surface area contributed by atoms with E-state index in [-0.39, 0.29) is 41.7 Å². The molecule has 0 saturated carbocycles. The van der Waals surface area contributed by atoms with Gasteiger partial charge in [0.05, 0.1) is 18.4 Å². The zero-order chi connectivity index (χ0) is 20.5. The number of amides is 2. The second kappa shape index (κ2) is 8.60. The first-order chi connectivity index (χ1) is 13.2. The number of nitrogens with one attached hydrogen (secondary N) is 1. The third-order valence-corrected chi connectivity index (χ3v) is 4.38. The number of hydrogen-bond acceptors (Lipinski definition) is 4. The maximum atomic E-state index is 13.3. The number of halogens is 4. The van der Waals surface area contributed by atoms with Gasteiger partial charge in [0.25, 0.3) is 5.91 Å².